The Labute approximate surface area is 167 Å². The number of hydrogen-bond donors (Lipinski definition) is 1. The summed E-state index contributed by atoms with van der Waals surface area (Å²) in [6.45, 7) is 6.06. The van der Waals surface area contributed by atoms with Crippen molar-refractivity contribution in [3.05, 3.63) is 70.2 Å². The van der Waals surface area contributed by atoms with Gasteiger partial charge in [0.2, 0.25) is 0 Å². The zero-order valence-electron chi connectivity index (χ0n) is 15.0. The van der Waals surface area contributed by atoms with Crippen LogP contribution in [0.5, 0.6) is 0 Å². The van der Waals surface area contributed by atoms with E-state index < -0.39 is 5.72 Å². The Morgan fingerprint density at radius 2 is 1.73 bits per heavy atom. The second-order valence-corrected chi connectivity index (χ2v) is 9.77. The van der Waals surface area contributed by atoms with Crippen LogP contribution in [0.15, 0.2) is 64.1 Å². The number of nitrogens with zero attached hydrogens (tertiary/aromatic N) is 2. The number of aliphatic imine (C=N–C) groups is 1. The van der Waals surface area contributed by atoms with Crippen LogP contribution in [0, 0.1) is 5.41 Å². The van der Waals surface area contributed by atoms with Crippen LogP contribution in [0.3, 0.4) is 0 Å². The number of fused-ring (bicyclic) bond motifs is 1. The largest absolute Gasteiger partial charge is 0.369 e. The smallest absolute Gasteiger partial charge is 0.161 e. The van der Waals surface area contributed by atoms with Crippen molar-refractivity contribution >= 4 is 32.9 Å². The predicted octanol–water partition coefficient (Wildman–Crippen LogP) is 4.71. The lowest BCUT2D eigenvalue weighted by Crippen LogP contribution is -2.56. The summed E-state index contributed by atoms with van der Waals surface area (Å²) < 4.78 is 1.04. The third kappa shape index (κ3) is 3.21. The van der Waals surface area contributed by atoms with Crippen molar-refractivity contribution in [1.29, 1.82) is 0 Å². The third-order valence-corrected chi connectivity index (χ3v) is 6.84. The van der Waals surface area contributed by atoms with E-state index in [1.165, 1.54) is 0 Å². The van der Waals surface area contributed by atoms with Crippen molar-refractivity contribution in [3.63, 3.8) is 0 Å². The molecule has 26 heavy (non-hydrogen) atoms. The van der Waals surface area contributed by atoms with Gasteiger partial charge in [0.05, 0.1) is 5.92 Å². The number of rotatable bonds is 3. The van der Waals surface area contributed by atoms with E-state index in [0.717, 1.165) is 33.9 Å². The van der Waals surface area contributed by atoms with Gasteiger partial charge < -0.3 is 10.0 Å². The second-order valence-electron chi connectivity index (χ2n) is 7.91. The van der Waals surface area contributed by atoms with Crippen LogP contribution in [0.4, 0.5) is 0 Å². The Kier molecular flexibility index (Phi) is 4.66. The van der Waals surface area contributed by atoms with Crippen molar-refractivity contribution in [2.24, 2.45) is 10.4 Å². The molecular formula is C21H23BrN2OS. The Morgan fingerprint density at radius 1 is 1.08 bits per heavy atom. The normalized spacial score (nSPS) is 25.5. The molecule has 1 fully saturated rings. The minimum Gasteiger partial charge on any atom is -0.369 e. The molecule has 0 bridgehead atoms. The van der Waals surface area contributed by atoms with Crippen LogP contribution in [-0.4, -0.2) is 39.7 Å². The molecule has 1 N–H and O–H groups in total. The van der Waals surface area contributed by atoms with Gasteiger partial charge in [-0.15, -0.1) is 0 Å². The Bertz CT molecular complexity index is 822. The lowest BCUT2D eigenvalue weighted by atomic mass is 9.81. The summed E-state index contributed by atoms with van der Waals surface area (Å²) in [6.07, 6.45) is 0. The zero-order chi connectivity index (χ0) is 18.4. The summed E-state index contributed by atoms with van der Waals surface area (Å²) in [5, 5.41) is 12.9. The second kappa shape index (κ2) is 6.70. The molecule has 0 amide bonds. The van der Waals surface area contributed by atoms with E-state index in [1.54, 1.807) is 11.8 Å². The highest BCUT2D eigenvalue weighted by atomic mass is 79.9. The number of amidine groups is 1. The first-order chi connectivity index (χ1) is 12.4. The maximum absolute atomic E-state index is 12.0. The standard InChI is InChI=1S/C21H23BrN2OS/c1-20(2)12-23-19-24(13-20)21(25,14-26-19)18(15-6-4-3-5-7-15)16-8-10-17(22)11-9-16/h3-11,18,25H,12-14H2,1-2H3. The molecule has 0 saturated carbocycles. The molecule has 0 spiro atoms. The van der Waals surface area contributed by atoms with Gasteiger partial charge in [0.1, 0.15) is 0 Å². The van der Waals surface area contributed by atoms with E-state index in [-0.39, 0.29) is 11.3 Å². The number of aliphatic hydroxyl groups is 1. The minimum atomic E-state index is -0.990. The topological polar surface area (TPSA) is 35.8 Å². The average molecular weight is 431 g/mol. The van der Waals surface area contributed by atoms with E-state index in [2.05, 4.69) is 58.9 Å². The summed E-state index contributed by atoms with van der Waals surface area (Å²) in [5.41, 5.74) is 1.31. The summed E-state index contributed by atoms with van der Waals surface area (Å²) >= 11 is 5.19. The molecule has 0 aliphatic carbocycles. The van der Waals surface area contributed by atoms with Gasteiger partial charge in [-0.05, 0) is 23.3 Å². The molecule has 0 radical (unpaired) electrons. The van der Waals surface area contributed by atoms with Crippen molar-refractivity contribution in [1.82, 2.24) is 4.90 Å². The van der Waals surface area contributed by atoms with Crippen LogP contribution in [0.1, 0.15) is 30.9 Å². The molecule has 4 rings (SSSR count). The van der Waals surface area contributed by atoms with Crippen molar-refractivity contribution < 1.29 is 5.11 Å². The van der Waals surface area contributed by atoms with Crippen LogP contribution in [0.25, 0.3) is 0 Å². The van der Waals surface area contributed by atoms with E-state index in [4.69, 9.17) is 4.99 Å². The van der Waals surface area contributed by atoms with Gasteiger partial charge in [0, 0.05) is 28.7 Å². The molecule has 2 aliphatic heterocycles. The molecule has 2 heterocycles. The quantitative estimate of drug-likeness (QED) is 0.765. The Balaban J connectivity index is 1.82. The van der Waals surface area contributed by atoms with Gasteiger partial charge in [0.15, 0.2) is 10.9 Å². The number of thioether (sulfide) groups is 1. The first-order valence-corrected chi connectivity index (χ1v) is 10.6. The summed E-state index contributed by atoms with van der Waals surface area (Å²) in [6, 6.07) is 18.6. The van der Waals surface area contributed by atoms with Crippen molar-refractivity contribution in [3.8, 4) is 0 Å². The number of halogens is 1. The van der Waals surface area contributed by atoms with E-state index in [1.807, 2.05) is 30.3 Å². The SMILES string of the molecule is CC1(C)CN=C2SCC(O)(C(c3ccccc3)c3ccc(Br)cc3)N2C1. The maximum Gasteiger partial charge on any atom is 0.161 e. The average Bonchev–Trinajstić information content (AvgIpc) is 2.94. The van der Waals surface area contributed by atoms with E-state index in [9.17, 15) is 5.11 Å². The first-order valence-electron chi connectivity index (χ1n) is 8.87. The molecule has 5 heteroatoms. The van der Waals surface area contributed by atoms with Gasteiger partial charge in [-0.3, -0.25) is 4.99 Å². The predicted molar refractivity (Wildman–Crippen MR) is 113 cm³/mol. The molecule has 2 aromatic carbocycles. The van der Waals surface area contributed by atoms with Crippen LogP contribution in [-0.2, 0) is 0 Å². The third-order valence-electron chi connectivity index (χ3n) is 5.14. The molecule has 2 aliphatic rings. The van der Waals surface area contributed by atoms with Crippen LogP contribution >= 0.6 is 27.7 Å². The Morgan fingerprint density at radius 3 is 2.42 bits per heavy atom. The van der Waals surface area contributed by atoms with Crippen LogP contribution in [0.2, 0.25) is 0 Å². The number of benzene rings is 2. The zero-order valence-corrected chi connectivity index (χ0v) is 17.4. The highest BCUT2D eigenvalue weighted by molar-refractivity contribution is 9.10. The molecule has 1 saturated heterocycles. The monoisotopic (exact) mass is 430 g/mol. The molecular weight excluding hydrogens is 408 g/mol. The van der Waals surface area contributed by atoms with E-state index in [0.29, 0.717) is 5.75 Å². The maximum atomic E-state index is 12.0. The lowest BCUT2D eigenvalue weighted by molar-refractivity contribution is -0.0703. The number of hydrogen-bond acceptors (Lipinski definition) is 4. The molecule has 136 valence electrons. The van der Waals surface area contributed by atoms with Gasteiger partial charge in [0.25, 0.3) is 0 Å². The molecule has 2 unspecified atom stereocenters. The van der Waals surface area contributed by atoms with E-state index >= 15 is 0 Å². The van der Waals surface area contributed by atoms with Crippen molar-refractivity contribution in [2.75, 3.05) is 18.8 Å². The highest BCUT2D eigenvalue weighted by Crippen LogP contribution is 2.47. The summed E-state index contributed by atoms with van der Waals surface area (Å²) in [7, 11) is 0. The molecule has 3 nitrogen and oxygen atoms in total. The minimum absolute atomic E-state index is 0.0589. The van der Waals surface area contributed by atoms with Gasteiger partial charge in [-0.25, -0.2) is 0 Å². The fourth-order valence-corrected chi connectivity index (χ4v) is 5.32. The molecule has 2 aromatic rings. The first kappa shape index (κ1) is 18.1. The van der Waals surface area contributed by atoms with Gasteiger partial charge in [-0.2, -0.15) is 0 Å². The molecule has 2 atom stereocenters. The van der Waals surface area contributed by atoms with Crippen LogP contribution < -0.4 is 0 Å². The summed E-state index contributed by atoms with van der Waals surface area (Å²) in [5.74, 6) is 0.489. The Hall–Kier alpha value is -1.30. The highest BCUT2D eigenvalue weighted by Gasteiger charge is 2.52. The van der Waals surface area contributed by atoms with Gasteiger partial charge in [-0.1, -0.05) is 84.0 Å². The lowest BCUT2D eigenvalue weighted by Gasteiger charge is -2.45. The fraction of sp³-hybridized carbons (Fsp3) is 0.381. The molecule has 0 aromatic heterocycles. The summed E-state index contributed by atoms with van der Waals surface area (Å²) in [4.78, 5) is 6.90. The fourth-order valence-electron chi connectivity index (χ4n) is 3.85. The van der Waals surface area contributed by atoms with Crippen molar-refractivity contribution in [2.45, 2.75) is 25.5 Å². The van der Waals surface area contributed by atoms with Gasteiger partial charge >= 0.3 is 0 Å².